The molecule has 2 aliphatic rings. The second-order valence-electron chi connectivity index (χ2n) is 5.65. The largest absolute Gasteiger partial charge is 0.384 e. The Bertz CT molecular complexity index is 586. The number of nitrogens with zero attached hydrogens (tertiary/aromatic N) is 2. The van der Waals surface area contributed by atoms with Gasteiger partial charge in [-0.2, -0.15) is 0 Å². The molecule has 0 bridgehead atoms. The highest BCUT2D eigenvalue weighted by Gasteiger charge is 2.25. The third-order valence-corrected chi connectivity index (χ3v) is 4.25. The highest BCUT2D eigenvalue weighted by Crippen LogP contribution is 2.23. The van der Waals surface area contributed by atoms with Gasteiger partial charge in [-0.25, -0.2) is 0 Å². The summed E-state index contributed by atoms with van der Waals surface area (Å²) in [5.41, 5.74) is 3.07. The highest BCUT2D eigenvalue weighted by atomic mass is 35.5. The number of carbonyl (C=O) groups is 2. The zero-order valence-corrected chi connectivity index (χ0v) is 14.0. The number of hydrogen-bond acceptors (Lipinski definition) is 4. The lowest BCUT2D eigenvalue weighted by atomic mass is 10.1. The third kappa shape index (κ3) is 3.76. The average Bonchev–Trinajstić information content (AvgIpc) is 3.02. The van der Waals surface area contributed by atoms with Crippen LogP contribution in [0, 0.1) is 0 Å². The topological polar surface area (TPSA) is 61.9 Å². The number of amides is 2. The number of methoxy groups -OCH3 is 1. The summed E-state index contributed by atoms with van der Waals surface area (Å²) in [7, 11) is 1.51. The number of benzene rings is 1. The van der Waals surface area contributed by atoms with Crippen LogP contribution >= 0.6 is 12.4 Å². The number of hydrogen-bond donors (Lipinski definition) is 1. The van der Waals surface area contributed by atoms with Crippen molar-refractivity contribution in [1.29, 1.82) is 0 Å². The molecule has 2 aliphatic heterocycles. The summed E-state index contributed by atoms with van der Waals surface area (Å²) in [5.74, 6) is 0.0340. The zero-order valence-electron chi connectivity index (χ0n) is 13.2. The van der Waals surface area contributed by atoms with Gasteiger partial charge in [0.25, 0.3) is 5.91 Å². The van der Waals surface area contributed by atoms with E-state index < -0.39 is 0 Å². The molecule has 0 aliphatic carbocycles. The van der Waals surface area contributed by atoms with Crippen molar-refractivity contribution >= 4 is 29.9 Å². The fourth-order valence-corrected chi connectivity index (χ4v) is 2.99. The van der Waals surface area contributed by atoms with E-state index in [0.717, 1.165) is 24.2 Å². The molecule has 0 radical (unpaired) electrons. The van der Waals surface area contributed by atoms with E-state index in [-0.39, 0.29) is 30.8 Å². The fraction of sp³-hybridized carbons (Fsp3) is 0.500. The van der Waals surface area contributed by atoms with Gasteiger partial charge in [0.1, 0.15) is 6.61 Å². The predicted octanol–water partition coefficient (Wildman–Crippen LogP) is 1.01. The summed E-state index contributed by atoms with van der Waals surface area (Å²) in [4.78, 5) is 27.9. The lowest BCUT2D eigenvalue weighted by Gasteiger charge is -2.34. The minimum atomic E-state index is -0.0156. The quantitative estimate of drug-likeness (QED) is 0.892. The SMILES string of the molecule is COCC(=O)N1CCN(C(=O)c2ccc3c(c2)CCN3)CC1.Cl. The van der Waals surface area contributed by atoms with E-state index in [4.69, 9.17) is 4.74 Å². The van der Waals surface area contributed by atoms with Crippen molar-refractivity contribution in [3.63, 3.8) is 0 Å². The van der Waals surface area contributed by atoms with Crippen LogP contribution in [-0.2, 0) is 16.0 Å². The minimum absolute atomic E-state index is 0. The smallest absolute Gasteiger partial charge is 0.253 e. The first-order chi connectivity index (χ1) is 10.7. The van der Waals surface area contributed by atoms with E-state index in [9.17, 15) is 9.59 Å². The molecule has 1 aromatic carbocycles. The molecule has 0 aromatic heterocycles. The van der Waals surface area contributed by atoms with Crippen LogP contribution < -0.4 is 5.32 Å². The van der Waals surface area contributed by atoms with Gasteiger partial charge in [0.15, 0.2) is 0 Å². The Morgan fingerprint density at radius 2 is 1.87 bits per heavy atom. The molecular formula is C16H22ClN3O3. The van der Waals surface area contributed by atoms with Gasteiger partial charge in [-0.15, -0.1) is 12.4 Å². The molecule has 2 amide bonds. The Morgan fingerprint density at radius 1 is 1.17 bits per heavy atom. The fourth-order valence-electron chi connectivity index (χ4n) is 2.99. The van der Waals surface area contributed by atoms with Gasteiger partial charge in [0.05, 0.1) is 0 Å². The highest BCUT2D eigenvalue weighted by molar-refractivity contribution is 5.95. The maximum Gasteiger partial charge on any atom is 0.253 e. The normalized spacial score (nSPS) is 16.4. The zero-order chi connectivity index (χ0) is 15.5. The number of nitrogens with one attached hydrogen (secondary N) is 1. The van der Waals surface area contributed by atoms with Gasteiger partial charge >= 0.3 is 0 Å². The van der Waals surface area contributed by atoms with Gasteiger partial charge in [-0.3, -0.25) is 9.59 Å². The summed E-state index contributed by atoms with van der Waals surface area (Å²) in [6.45, 7) is 3.33. The standard InChI is InChI=1S/C16H21N3O3.ClH/c1-22-11-15(20)18-6-8-19(9-7-18)16(21)13-2-3-14-12(10-13)4-5-17-14;/h2-3,10,17H,4-9,11H2,1H3;1H. The molecule has 6 nitrogen and oxygen atoms in total. The molecule has 1 saturated heterocycles. The number of rotatable bonds is 3. The number of ether oxygens (including phenoxy) is 1. The molecule has 2 heterocycles. The van der Waals surface area contributed by atoms with Gasteiger partial charge in [-0.05, 0) is 30.2 Å². The van der Waals surface area contributed by atoms with Crippen LogP contribution in [0.1, 0.15) is 15.9 Å². The first-order valence-corrected chi connectivity index (χ1v) is 7.62. The summed E-state index contributed by atoms with van der Waals surface area (Å²) in [6, 6.07) is 5.84. The molecule has 0 spiro atoms. The van der Waals surface area contributed by atoms with E-state index >= 15 is 0 Å². The molecule has 0 unspecified atom stereocenters. The summed E-state index contributed by atoms with van der Waals surface area (Å²) in [6.07, 6.45) is 0.968. The first kappa shape index (κ1) is 17.6. The molecule has 1 aromatic rings. The molecular weight excluding hydrogens is 318 g/mol. The van der Waals surface area contributed by atoms with Crippen LogP contribution in [-0.4, -0.2) is 68.1 Å². The van der Waals surface area contributed by atoms with Crippen molar-refractivity contribution in [3.05, 3.63) is 29.3 Å². The Labute approximate surface area is 142 Å². The molecule has 1 N–H and O–H groups in total. The average molecular weight is 340 g/mol. The first-order valence-electron chi connectivity index (χ1n) is 7.62. The maximum atomic E-state index is 12.6. The van der Waals surface area contributed by atoms with E-state index in [1.165, 1.54) is 12.7 Å². The van der Waals surface area contributed by atoms with Gasteiger partial charge in [0, 0.05) is 51.1 Å². The second-order valence-corrected chi connectivity index (χ2v) is 5.65. The maximum absolute atomic E-state index is 12.6. The summed E-state index contributed by atoms with van der Waals surface area (Å²) < 4.78 is 4.87. The van der Waals surface area contributed by atoms with Crippen molar-refractivity contribution < 1.29 is 14.3 Å². The van der Waals surface area contributed by atoms with Gasteiger partial charge in [0.2, 0.25) is 5.91 Å². The number of anilines is 1. The van der Waals surface area contributed by atoms with E-state index in [0.29, 0.717) is 26.2 Å². The third-order valence-electron chi connectivity index (χ3n) is 4.25. The van der Waals surface area contributed by atoms with E-state index in [2.05, 4.69) is 5.32 Å². The lowest BCUT2D eigenvalue weighted by Crippen LogP contribution is -2.51. The second kappa shape index (κ2) is 7.66. The summed E-state index contributed by atoms with van der Waals surface area (Å²) in [5, 5.41) is 3.30. The van der Waals surface area contributed by atoms with Crippen LogP contribution in [0.2, 0.25) is 0 Å². The number of carbonyl (C=O) groups excluding carboxylic acids is 2. The van der Waals surface area contributed by atoms with Crippen molar-refractivity contribution in [1.82, 2.24) is 9.80 Å². The Hall–Kier alpha value is -1.79. The lowest BCUT2D eigenvalue weighted by molar-refractivity contribution is -0.136. The van der Waals surface area contributed by atoms with E-state index in [1.807, 2.05) is 23.1 Å². The van der Waals surface area contributed by atoms with Crippen LogP contribution in [0.15, 0.2) is 18.2 Å². The number of halogens is 1. The molecule has 0 saturated carbocycles. The minimum Gasteiger partial charge on any atom is -0.384 e. The summed E-state index contributed by atoms with van der Waals surface area (Å²) >= 11 is 0. The number of piperazine rings is 1. The Morgan fingerprint density at radius 3 is 2.57 bits per heavy atom. The molecule has 1 fully saturated rings. The Kier molecular flexibility index (Phi) is 5.85. The van der Waals surface area contributed by atoms with Crippen LogP contribution in [0.3, 0.4) is 0 Å². The van der Waals surface area contributed by atoms with Gasteiger partial charge in [-0.1, -0.05) is 0 Å². The van der Waals surface area contributed by atoms with Crippen LogP contribution in [0.4, 0.5) is 5.69 Å². The van der Waals surface area contributed by atoms with Crippen LogP contribution in [0.5, 0.6) is 0 Å². The monoisotopic (exact) mass is 339 g/mol. The molecule has 0 atom stereocenters. The van der Waals surface area contributed by atoms with Crippen molar-refractivity contribution in [2.24, 2.45) is 0 Å². The Balaban J connectivity index is 0.00000192. The van der Waals surface area contributed by atoms with Crippen molar-refractivity contribution in [3.8, 4) is 0 Å². The van der Waals surface area contributed by atoms with Crippen LogP contribution in [0.25, 0.3) is 0 Å². The van der Waals surface area contributed by atoms with E-state index in [1.54, 1.807) is 4.90 Å². The predicted molar refractivity (Wildman–Crippen MR) is 90.2 cm³/mol. The molecule has 7 heteroatoms. The van der Waals surface area contributed by atoms with Gasteiger partial charge < -0.3 is 19.9 Å². The van der Waals surface area contributed by atoms with Crippen molar-refractivity contribution in [2.75, 3.05) is 51.8 Å². The number of fused-ring (bicyclic) bond motifs is 1. The molecule has 3 rings (SSSR count). The molecule has 23 heavy (non-hydrogen) atoms. The van der Waals surface area contributed by atoms with Crippen molar-refractivity contribution in [2.45, 2.75) is 6.42 Å². The molecule has 126 valence electrons.